The van der Waals surface area contributed by atoms with Gasteiger partial charge in [0.15, 0.2) is 0 Å². The van der Waals surface area contributed by atoms with Crippen LogP contribution in [0.3, 0.4) is 0 Å². The molecule has 3 rings (SSSR count). The number of fused-ring (bicyclic) bond motifs is 1. The zero-order valence-electron chi connectivity index (χ0n) is 14.7. The third kappa shape index (κ3) is 4.25. The van der Waals surface area contributed by atoms with Crippen molar-refractivity contribution in [2.45, 2.75) is 20.0 Å². The van der Waals surface area contributed by atoms with E-state index in [9.17, 15) is 4.79 Å². The highest BCUT2D eigenvalue weighted by molar-refractivity contribution is 5.93. The van der Waals surface area contributed by atoms with Gasteiger partial charge in [-0.25, -0.2) is 0 Å². The molecule has 0 aliphatic rings. The summed E-state index contributed by atoms with van der Waals surface area (Å²) in [5.74, 6) is -0.0839. The Morgan fingerprint density at radius 2 is 1.80 bits per heavy atom. The van der Waals surface area contributed by atoms with Crippen LogP contribution in [0.1, 0.15) is 18.1 Å². The zero-order valence-corrected chi connectivity index (χ0v) is 14.7. The number of anilines is 1. The summed E-state index contributed by atoms with van der Waals surface area (Å²) in [7, 11) is 1.66. The molecule has 0 saturated carbocycles. The van der Waals surface area contributed by atoms with Crippen molar-refractivity contribution in [1.82, 2.24) is 0 Å². The molecule has 0 radical (unpaired) electrons. The van der Waals surface area contributed by atoms with Crippen molar-refractivity contribution in [3.8, 4) is 0 Å². The smallest absolute Gasteiger partial charge is 0.227 e. The van der Waals surface area contributed by atoms with Gasteiger partial charge in [0.05, 0.1) is 6.61 Å². The molecule has 0 spiro atoms. The van der Waals surface area contributed by atoms with Gasteiger partial charge in [-0.1, -0.05) is 61.5 Å². The molecule has 3 heteroatoms. The van der Waals surface area contributed by atoms with E-state index in [1.807, 2.05) is 43.3 Å². The fourth-order valence-electron chi connectivity index (χ4n) is 3.06. The molecule has 0 aromatic heterocycles. The minimum atomic E-state index is -0.114. The molecule has 1 atom stereocenters. The Labute approximate surface area is 148 Å². The Kier molecular flexibility index (Phi) is 5.46. The van der Waals surface area contributed by atoms with Gasteiger partial charge >= 0.3 is 0 Å². The van der Waals surface area contributed by atoms with E-state index in [1.165, 1.54) is 16.3 Å². The first kappa shape index (κ1) is 17.2. The van der Waals surface area contributed by atoms with E-state index >= 15 is 0 Å². The van der Waals surface area contributed by atoms with Gasteiger partial charge in [0.2, 0.25) is 5.91 Å². The van der Waals surface area contributed by atoms with Crippen molar-refractivity contribution in [3.63, 3.8) is 0 Å². The Balaban J connectivity index is 1.71. The maximum atomic E-state index is 12.6. The average Bonchev–Trinajstić information content (AvgIpc) is 2.62. The van der Waals surface area contributed by atoms with Gasteiger partial charge in [-0.15, -0.1) is 0 Å². The van der Waals surface area contributed by atoms with Crippen LogP contribution in [0, 0.1) is 5.92 Å². The van der Waals surface area contributed by atoms with Crippen LogP contribution in [0.15, 0.2) is 66.7 Å². The van der Waals surface area contributed by atoms with Gasteiger partial charge in [-0.2, -0.15) is 0 Å². The third-order valence-corrected chi connectivity index (χ3v) is 4.36. The van der Waals surface area contributed by atoms with Crippen molar-refractivity contribution < 1.29 is 9.53 Å². The maximum absolute atomic E-state index is 12.6. The SMILES string of the molecule is COCc1cccc(NC(=O)[C@H](C)Cc2cccc3ccccc23)c1. The van der Waals surface area contributed by atoms with E-state index in [0.717, 1.165) is 11.3 Å². The van der Waals surface area contributed by atoms with Crippen molar-refractivity contribution in [1.29, 1.82) is 0 Å². The van der Waals surface area contributed by atoms with E-state index in [4.69, 9.17) is 4.74 Å². The van der Waals surface area contributed by atoms with Gasteiger partial charge < -0.3 is 10.1 Å². The molecular formula is C22H23NO2. The fourth-order valence-corrected chi connectivity index (χ4v) is 3.06. The van der Waals surface area contributed by atoms with Gasteiger partial charge in [0, 0.05) is 18.7 Å². The second kappa shape index (κ2) is 7.95. The molecule has 0 heterocycles. The van der Waals surface area contributed by atoms with Crippen LogP contribution in [0.2, 0.25) is 0 Å². The summed E-state index contributed by atoms with van der Waals surface area (Å²) in [6.45, 7) is 2.51. The zero-order chi connectivity index (χ0) is 17.6. The molecular weight excluding hydrogens is 310 g/mol. The summed E-state index contributed by atoms with van der Waals surface area (Å²) in [4.78, 5) is 12.6. The quantitative estimate of drug-likeness (QED) is 0.703. The van der Waals surface area contributed by atoms with Crippen molar-refractivity contribution in [3.05, 3.63) is 77.9 Å². The molecule has 0 saturated heterocycles. The van der Waals surface area contributed by atoms with Crippen molar-refractivity contribution in [2.24, 2.45) is 5.92 Å². The highest BCUT2D eigenvalue weighted by Crippen LogP contribution is 2.22. The highest BCUT2D eigenvalue weighted by Gasteiger charge is 2.15. The van der Waals surface area contributed by atoms with E-state index in [0.29, 0.717) is 13.0 Å². The number of amides is 1. The fraction of sp³-hybridized carbons (Fsp3) is 0.227. The van der Waals surface area contributed by atoms with Crippen LogP contribution >= 0.6 is 0 Å². The Hall–Kier alpha value is -2.65. The average molecular weight is 333 g/mol. The second-order valence-corrected chi connectivity index (χ2v) is 6.37. The summed E-state index contributed by atoms with van der Waals surface area (Å²) < 4.78 is 5.14. The van der Waals surface area contributed by atoms with Crippen LogP contribution in [0.5, 0.6) is 0 Å². The molecule has 25 heavy (non-hydrogen) atoms. The largest absolute Gasteiger partial charge is 0.380 e. The topological polar surface area (TPSA) is 38.3 Å². The summed E-state index contributed by atoms with van der Waals surface area (Å²) in [5.41, 5.74) is 3.06. The molecule has 1 amide bonds. The summed E-state index contributed by atoms with van der Waals surface area (Å²) >= 11 is 0. The lowest BCUT2D eigenvalue weighted by Crippen LogP contribution is -2.22. The molecule has 0 fully saturated rings. The monoisotopic (exact) mass is 333 g/mol. The third-order valence-electron chi connectivity index (χ3n) is 4.36. The molecule has 3 aromatic carbocycles. The number of hydrogen-bond acceptors (Lipinski definition) is 2. The number of carbonyl (C=O) groups excluding carboxylic acids is 1. The number of benzene rings is 3. The predicted molar refractivity (Wildman–Crippen MR) is 103 cm³/mol. The second-order valence-electron chi connectivity index (χ2n) is 6.37. The number of methoxy groups -OCH3 is 1. The Morgan fingerprint density at radius 1 is 1.04 bits per heavy atom. The van der Waals surface area contributed by atoms with E-state index in [2.05, 4.69) is 35.6 Å². The van der Waals surface area contributed by atoms with E-state index in [1.54, 1.807) is 7.11 Å². The first-order chi connectivity index (χ1) is 12.2. The van der Waals surface area contributed by atoms with Crippen LogP contribution in [0.25, 0.3) is 10.8 Å². The molecule has 0 aliphatic heterocycles. The molecule has 0 bridgehead atoms. The van der Waals surface area contributed by atoms with Crippen LogP contribution < -0.4 is 5.32 Å². The predicted octanol–water partition coefficient (Wildman–Crippen LogP) is 4.80. The lowest BCUT2D eigenvalue weighted by molar-refractivity contribution is -0.119. The van der Waals surface area contributed by atoms with Gasteiger partial charge in [-0.3, -0.25) is 4.79 Å². The van der Waals surface area contributed by atoms with E-state index < -0.39 is 0 Å². The molecule has 0 aliphatic carbocycles. The van der Waals surface area contributed by atoms with Gasteiger partial charge in [-0.05, 0) is 40.5 Å². The highest BCUT2D eigenvalue weighted by atomic mass is 16.5. The van der Waals surface area contributed by atoms with Crippen LogP contribution in [-0.2, 0) is 22.6 Å². The number of nitrogens with one attached hydrogen (secondary N) is 1. The van der Waals surface area contributed by atoms with E-state index in [-0.39, 0.29) is 11.8 Å². The summed E-state index contributed by atoms with van der Waals surface area (Å²) in [5, 5.41) is 5.44. The molecule has 1 N–H and O–H groups in total. The molecule has 128 valence electrons. The summed E-state index contributed by atoms with van der Waals surface area (Å²) in [6.07, 6.45) is 0.713. The van der Waals surface area contributed by atoms with Gasteiger partial charge in [0.25, 0.3) is 0 Å². The van der Waals surface area contributed by atoms with Crippen molar-refractivity contribution >= 4 is 22.4 Å². The standard InChI is InChI=1S/C22H23NO2/c1-16(13-19-10-6-9-18-8-3-4-12-21(18)19)22(24)23-20-11-5-7-17(14-20)15-25-2/h3-12,14,16H,13,15H2,1-2H3,(H,23,24)/t16-/m1/s1. The van der Waals surface area contributed by atoms with Gasteiger partial charge in [0.1, 0.15) is 0 Å². The summed E-state index contributed by atoms with van der Waals surface area (Å²) in [6, 6.07) is 22.3. The lowest BCUT2D eigenvalue weighted by atomic mass is 9.95. The van der Waals surface area contributed by atoms with Crippen molar-refractivity contribution in [2.75, 3.05) is 12.4 Å². The molecule has 3 aromatic rings. The molecule has 0 unspecified atom stereocenters. The Bertz CT molecular complexity index is 867. The lowest BCUT2D eigenvalue weighted by Gasteiger charge is -2.14. The first-order valence-electron chi connectivity index (χ1n) is 8.53. The Morgan fingerprint density at radius 3 is 2.64 bits per heavy atom. The number of rotatable bonds is 6. The minimum absolute atomic E-state index is 0.0301. The van der Waals surface area contributed by atoms with Crippen LogP contribution in [-0.4, -0.2) is 13.0 Å². The number of ether oxygens (including phenoxy) is 1. The maximum Gasteiger partial charge on any atom is 0.227 e. The minimum Gasteiger partial charge on any atom is -0.380 e. The first-order valence-corrected chi connectivity index (χ1v) is 8.53. The molecule has 3 nitrogen and oxygen atoms in total. The van der Waals surface area contributed by atoms with Crippen LogP contribution in [0.4, 0.5) is 5.69 Å². The number of carbonyl (C=O) groups is 1. The number of hydrogen-bond donors (Lipinski definition) is 1. The normalized spacial score (nSPS) is 12.1.